The Labute approximate surface area is 190 Å². The second-order valence-electron chi connectivity index (χ2n) is 7.60. The van der Waals surface area contributed by atoms with Gasteiger partial charge in [0.1, 0.15) is 5.82 Å². The van der Waals surface area contributed by atoms with E-state index in [1.807, 2.05) is 4.57 Å². The van der Waals surface area contributed by atoms with Crippen LogP contribution >= 0.6 is 23.4 Å². The molecular weight excluding hydrogens is 438 g/mol. The van der Waals surface area contributed by atoms with E-state index in [0.717, 1.165) is 24.6 Å². The summed E-state index contributed by atoms with van der Waals surface area (Å²) in [4.78, 5) is 22.8. The van der Waals surface area contributed by atoms with E-state index in [4.69, 9.17) is 11.6 Å². The molecule has 3 rings (SSSR count). The largest absolute Gasteiger partial charge is 0.324 e. The van der Waals surface area contributed by atoms with Gasteiger partial charge in [-0.05, 0) is 18.4 Å². The SMILES string of the molecule is C=CCn1c(CCC2CCCCC2)nnc1SCC(=O)Nc1cc([N+](=O)[O-])ccc1Cl. The lowest BCUT2D eigenvalue weighted by molar-refractivity contribution is -0.384. The van der Waals surface area contributed by atoms with Gasteiger partial charge >= 0.3 is 0 Å². The Bertz CT molecular complexity index is 943. The van der Waals surface area contributed by atoms with Crippen molar-refractivity contribution in [3.63, 3.8) is 0 Å². The maximum absolute atomic E-state index is 12.4. The molecule has 1 aliphatic rings. The Hall–Kier alpha value is -2.39. The maximum Gasteiger partial charge on any atom is 0.271 e. The van der Waals surface area contributed by atoms with Crippen LogP contribution in [0.1, 0.15) is 44.3 Å². The van der Waals surface area contributed by atoms with Gasteiger partial charge in [0.15, 0.2) is 5.16 Å². The molecule has 0 bridgehead atoms. The molecule has 0 spiro atoms. The van der Waals surface area contributed by atoms with Crippen LogP contribution in [0, 0.1) is 16.0 Å². The van der Waals surface area contributed by atoms with Gasteiger partial charge in [-0.25, -0.2) is 0 Å². The smallest absolute Gasteiger partial charge is 0.271 e. The number of benzene rings is 1. The summed E-state index contributed by atoms with van der Waals surface area (Å²) in [5.74, 6) is 1.42. The van der Waals surface area contributed by atoms with Gasteiger partial charge in [-0.1, -0.05) is 61.5 Å². The van der Waals surface area contributed by atoms with Crippen LogP contribution in [0.2, 0.25) is 5.02 Å². The van der Waals surface area contributed by atoms with Crippen molar-refractivity contribution in [3.05, 3.63) is 51.8 Å². The van der Waals surface area contributed by atoms with Gasteiger partial charge in [0.25, 0.3) is 5.69 Å². The first-order chi connectivity index (χ1) is 15.0. The van der Waals surface area contributed by atoms with Crippen molar-refractivity contribution in [2.75, 3.05) is 11.1 Å². The summed E-state index contributed by atoms with van der Waals surface area (Å²) in [6.45, 7) is 4.39. The summed E-state index contributed by atoms with van der Waals surface area (Å²) < 4.78 is 1.99. The van der Waals surface area contributed by atoms with E-state index >= 15 is 0 Å². The zero-order chi connectivity index (χ0) is 22.2. The molecule has 1 aliphatic carbocycles. The molecule has 10 heteroatoms. The van der Waals surface area contributed by atoms with Gasteiger partial charge in [0, 0.05) is 25.1 Å². The number of halogens is 1. The number of aryl methyl sites for hydroxylation is 1. The van der Waals surface area contributed by atoms with Crippen LogP contribution in [0.25, 0.3) is 0 Å². The first-order valence-electron chi connectivity index (χ1n) is 10.4. The zero-order valence-corrected chi connectivity index (χ0v) is 18.8. The minimum absolute atomic E-state index is 0.0803. The second kappa shape index (κ2) is 11.3. The zero-order valence-electron chi connectivity index (χ0n) is 17.3. The maximum atomic E-state index is 12.4. The quantitative estimate of drug-likeness (QED) is 0.223. The highest BCUT2D eigenvalue weighted by Crippen LogP contribution is 2.29. The summed E-state index contributed by atoms with van der Waals surface area (Å²) in [5, 5.41) is 23.1. The molecule has 31 heavy (non-hydrogen) atoms. The molecular formula is C21H26ClN5O3S. The Balaban J connectivity index is 1.59. The van der Waals surface area contributed by atoms with E-state index in [1.54, 1.807) is 6.08 Å². The van der Waals surface area contributed by atoms with Gasteiger partial charge < -0.3 is 9.88 Å². The molecule has 1 fully saturated rings. The summed E-state index contributed by atoms with van der Waals surface area (Å²) in [5.41, 5.74) is 0.0721. The number of allylic oxidation sites excluding steroid dienone is 1. The molecule has 0 radical (unpaired) electrons. The molecule has 0 unspecified atom stereocenters. The molecule has 2 aromatic rings. The fourth-order valence-electron chi connectivity index (χ4n) is 3.77. The van der Waals surface area contributed by atoms with Gasteiger partial charge in [-0.3, -0.25) is 14.9 Å². The van der Waals surface area contributed by atoms with E-state index in [0.29, 0.717) is 11.7 Å². The Morgan fingerprint density at radius 1 is 1.35 bits per heavy atom. The van der Waals surface area contributed by atoms with Gasteiger partial charge in [0.2, 0.25) is 5.91 Å². The fraction of sp³-hybridized carbons (Fsp3) is 0.476. The molecule has 1 heterocycles. The van der Waals surface area contributed by atoms with Crippen LogP contribution in [0.4, 0.5) is 11.4 Å². The summed E-state index contributed by atoms with van der Waals surface area (Å²) in [6, 6.07) is 3.93. The van der Waals surface area contributed by atoms with Crippen LogP contribution in [0.5, 0.6) is 0 Å². The van der Waals surface area contributed by atoms with E-state index < -0.39 is 4.92 Å². The number of non-ortho nitro benzene ring substituents is 1. The minimum Gasteiger partial charge on any atom is -0.324 e. The lowest BCUT2D eigenvalue weighted by Gasteiger charge is -2.21. The third kappa shape index (κ3) is 6.54. The average molecular weight is 464 g/mol. The number of hydrogen-bond acceptors (Lipinski definition) is 6. The van der Waals surface area contributed by atoms with Crippen LogP contribution in [0.15, 0.2) is 36.0 Å². The number of anilines is 1. The monoisotopic (exact) mass is 463 g/mol. The minimum atomic E-state index is -0.534. The third-order valence-electron chi connectivity index (χ3n) is 5.37. The number of amides is 1. The molecule has 1 aromatic heterocycles. The molecule has 166 valence electrons. The van der Waals surface area contributed by atoms with E-state index in [9.17, 15) is 14.9 Å². The van der Waals surface area contributed by atoms with Crippen molar-refractivity contribution in [3.8, 4) is 0 Å². The Morgan fingerprint density at radius 3 is 2.84 bits per heavy atom. The van der Waals surface area contributed by atoms with Crippen molar-refractivity contribution in [1.82, 2.24) is 14.8 Å². The number of thioether (sulfide) groups is 1. The van der Waals surface area contributed by atoms with Gasteiger partial charge in [-0.15, -0.1) is 16.8 Å². The average Bonchev–Trinajstić information content (AvgIpc) is 3.15. The number of aromatic nitrogens is 3. The standard InChI is InChI=1S/C21H26ClN5O3S/c1-2-12-26-19(11-8-15-6-4-3-5-7-15)24-25-21(26)31-14-20(28)23-18-13-16(27(29)30)9-10-17(18)22/h2,9-10,13,15H,1,3-8,11-12,14H2,(H,23,28). The first-order valence-corrected chi connectivity index (χ1v) is 11.7. The predicted octanol–water partition coefficient (Wildman–Crippen LogP) is 5.27. The molecule has 0 saturated heterocycles. The number of carbonyl (C=O) groups excluding carboxylic acids is 1. The molecule has 1 aromatic carbocycles. The van der Waals surface area contributed by atoms with Crippen LogP contribution in [-0.4, -0.2) is 31.3 Å². The summed E-state index contributed by atoms with van der Waals surface area (Å²) in [7, 11) is 0. The topological polar surface area (TPSA) is 103 Å². The summed E-state index contributed by atoms with van der Waals surface area (Å²) in [6.07, 6.45) is 10.3. The fourth-order valence-corrected chi connectivity index (χ4v) is 4.70. The van der Waals surface area contributed by atoms with Gasteiger partial charge in [-0.2, -0.15) is 0 Å². The van der Waals surface area contributed by atoms with E-state index in [1.165, 1.54) is 62.1 Å². The highest BCUT2D eigenvalue weighted by atomic mass is 35.5. The number of nitro benzene ring substituents is 1. The van der Waals surface area contributed by atoms with Crippen molar-refractivity contribution in [1.29, 1.82) is 0 Å². The van der Waals surface area contributed by atoms with Crippen molar-refractivity contribution >= 4 is 40.6 Å². The Morgan fingerprint density at radius 2 is 2.13 bits per heavy atom. The molecule has 8 nitrogen and oxygen atoms in total. The number of hydrogen-bond donors (Lipinski definition) is 1. The van der Waals surface area contributed by atoms with Crippen molar-refractivity contribution in [2.45, 2.75) is 56.6 Å². The molecule has 0 atom stereocenters. The van der Waals surface area contributed by atoms with Crippen molar-refractivity contribution < 1.29 is 9.72 Å². The van der Waals surface area contributed by atoms with E-state index in [2.05, 4.69) is 22.1 Å². The third-order valence-corrected chi connectivity index (χ3v) is 6.67. The number of nitrogens with one attached hydrogen (secondary N) is 1. The number of carbonyl (C=O) groups is 1. The molecule has 1 saturated carbocycles. The van der Waals surface area contributed by atoms with Crippen LogP contribution in [0.3, 0.4) is 0 Å². The summed E-state index contributed by atoms with van der Waals surface area (Å²) >= 11 is 7.31. The van der Waals surface area contributed by atoms with Crippen LogP contribution in [-0.2, 0) is 17.8 Å². The lowest BCUT2D eigenvalue weighted by Crippen LogP contribution is -2.15. The highest BCUT2D eigenvalue weighted by molar-refractivity contribution is 7.99. The number of nitrogens with zero attached hydrogens (tertiary/aromatic N) is 4. The van der Waals surface area contributed by atoms with Crippen molar-refractivity contribution in [2.24, 2.45) is 5.92 Å². The number of nitro groups is 1. The Kier molecular flexibility index (Phi) is 8.48. The normalized spacial score (nSPS) is 14.4. The lowest BCUT2D eigenvalue weighted by atomic mass is 9.86. The molecule has 1 N–H and O–H groups in total. The number of rotatable bonds is 10. The van der Waals surface area contributed by atoms with Crippen LogP contribution < -0.4 is 5.32 Å². The molecule has 0 aliphatic heterocycles. The van der Waals surface area contributed by atoms with Gasteiger partial charge in [0.05, 0.1) is 21.4 Å². The second-order valence-corrected chi connectivity index (χ2v) is 8.95. The predicted molar refractivity (Wildman–Crippen MR) is 123 cm³/mol. The highest BCUT2D eigenvalue weighted by Gasteiger charge is 2.18. The molecule has 1 amide bonds. The van der Waals surface area contributed by atoms with E-state index in [-0.39, 0.29) is 28.1 Å². The first kappa shape index (κ1) is 23.3.